The monoisotopic (exact) mass is 398 g/mol. The molecule has 3 rings (SSSR count). The number of rotatable bonds is 6. The molecule has 27 heavy (non-hydrogen) atoms. The predicted molar refractivity (Wildman–Crippen MR) is 114 cm³/mol. The standard InChI is InChI=1S/C22H26N2OS2/c1-16-12-17(2)24-21(19(16)13-23)27-15-22(25)11-7-6-10-20(22)26-14-18-8-4-3-5-9-18/h3-5,8-9,12,20,25H,6-7,10-11,14-15H2,1-2H3/t20-,22+/m1/s1. The second-order valence-corrected chi connectivity index (χ2v) is 9.45. The van der Waals surface area contributed by atoms with E-state index in [-0.39, 0.29) is 5.25 Å². The minimum absolute atomic E-state index is 0.218. The van der Waals surface area contributed by atoms with Crippen LogP contribution in [0, 0.1) is 25.2 Å². The maximum atomic E-state index is 11.4. The summed E-state index contributed by atoms with van der Waals surface area (Å²) in [5, 5.41) is 21.9. The predicted octanol–water partition coefficient (Wildman–Crippen LogP) is 5.27. The Hall–Kier alpha value is -1.48. The first-order valence-corrected chi connectivity index (χ1v) is 11.4. The van der Waals surface area contributed by atoms with Gasteiger partial charge in [0.2, 0.25) is 0 Å². The van der Waals surface area contributed by atoms with Crippen molar-refractivity contribution in [1.82, 2.24) is 4.98 Å². The Labute approximate surface area is 170 Å². The Balaban J connectivity index is 1.70. The SMILES string of the molecule is Cc1cc(C)c(C#N)c(SC[C@@]2(O)CCCC[C@H]2SCc2ccccc2)n1. The van der Waals surface area contributed by atoms with Crippen molar-refractivity contribution in [1.29, 1.82) is 5.26 Å². The van der Waals surface area contributed by atoms with Crippen molar-refractivity contribution in [3.63, 3.8) is 0 Å². The summed E-state index contributed by atoms with van der Waals surface area (Å²) in [5.74, 6) is 1.51. The molecule has 1 aromatic heterocycles. The fraction of sp³-hybridized carbons (Fsp3) is 0.455. The van der Waals surface area contributed by atoms with Crippen LogP contribution in [0.15, 0.2) is 41.4 Å². The van der Waals surface area contributed by atoms with Crippen molar-refractivity contribution < 1.29 is 5.11 Å². The average Bonchev–Trinajstić information content (AvgIpc) is 2.66. The number of nitrogens with zero attached hydrogens (tertiary/aromatic N) is 2. The van der Waals surface area contributed by atoms with Crippen molar-refractivity contribution in [2.45, 2.75) is 61.2 Å². The second-order valence-electron chi connectivity index (χ2n) is 7.30. The van der Waals surface area contributed by atoms with E-state index in [0.29, 0.717) is 11.3 Å². The summed E-state index contributed by atoms with van der Waals surface area (Å²) in [6.45, 7) is 3.90. The highest BCUT2D eigenvalue weighted by Gasteiger charge is 2.39. The van der Waals surface area contributed by atoms with Crippen LogP contribution in [-0.4, -0.2) is 26.7 Å². The van der Waals surface area contributed by atoms with E-state index in [1.54, 1.807) is 0 Å². The molecule has 0 unspecified atom stereocenters. The lowest BCUT2D eigenvalue weighted by atomic mass is 9.86. The minimum Gasteiger partial charge on any atom is -0.388 e. The van der Waals surface area contributed by atoms with Crippen molar-refractivity contribution in [3.05, 3.63) is 58.8 Å². The molecule has 1 aromatic carbocycles. The van der Waals surface area contributed by atoms with Gasteiger partial charge in [-0.1, -0.05) is 43.2 Å². The molecule has 3 nitrogen and oxygen atoms in total. The fourth-order valence-electron chi connectivity index (χ4n) is 3.60. The molecule has 1 heterocycles. The van der Waals surface area contributed by atoms with Crippen molar-refractivity contribution in [3.8, 4) is 6.07 Å². The number of aryl methyl sites for hydroxylation is 2. The molecular weight excluding hydrogens is 372 g/mol. The van der Waals surface area contributed by atoms with E-state index in [0.717, 1.165) is 41.3 Å². The number of thioether (sulfide) groups is 2. The third kappa shape index (κ3) is 5.07. The molecule has 0 saturated heterocycles. The van der Waals surface area contributed by atoms with Crippen LogP contribution in [0.25, 0.3) is 0 Å². The maximum absolute atomic E-state index is 11.4. The molecule has 0 radical (unpaired) electrons. The van der Waals surface area contributed by atoms with Crippen LogP contribution in [-0.2, 0) is 5.75 Å². The number of aromatic nitrogens is 1. The minimum atomic E-state index is -0.714. The Bertz CT molecular complexity index is 819. The summed E-state index contributed by atoms with van der Waals surface area (Å²) in [6, 6.07) is 14.7. The largest absolute Gasteiger partial charge is 0.388 e. The highest BCUT2D eigenvalue weighted by molar-refractivity contribution is 8.00. The lowest BCUT2D eigenvalue weighted by Gasteiger charge is -2.39. The van der Waals surface area contributed by atoms with Gasteiger partial charge in [0.25, 0.3) is 0 Å². The van der Waals surface area contributed by atoms with E-state index >= 15 is 0 Å². The van der Waals surface area contributed by atoms with E-state index in [9.17, 15) is 10.4 Å². The molecule has 2 aromatic rings. The molecule has 1 aliphatic rings. The summed E-state index contributed by atoms with van der Waals surface area (Å²) in [5.41, 5.74) is 3.09. The number of pyridine rings is 1. The molecule has 1 fully saturated rings. The highest BCUT2D eigenvalue weighted by atomic mass is 32.2. The van der Waals surface area contributed by atoms with E-state index in [4.69, 9.17) is 0 Å². The zero-order valence-corrected chi connectivity index (χ0v) is 17.6. The van der Waals surface area contributed by atoms with Gasteiger partial charge in [0, 0.05) is 22.4 Å². The Kier molecular flexibility index (Phi) is 6.86. The molecule has 0 bridgehead atoms. The maximum Gasteiger partial charge on any atom is 0.114 e. The highest BCUT2D eigenvalue weighted by Crippen LogP contribution is 2.41. The molecule has 142 valence electrons. The van der Waals surface area contributed by atoms with Gasteiger partial charge in [0.05, 0.1) is 11.2 Å². The van der Waals surface area contributed by atoms with Gasteiger partial charge in [0.1, 0.15) is 11.1 Å². The number of aliphatic hydroxyl groups is 1. The molecule has 0 spiro atoms. The second kappa shape index (κ2) is 9.14. The van der Waals surface area contributed by atoms with Crippen LogP contribution in [0.5, 0.6) is 0 Å². The van der Waals surface area contributed by atoms with E-state index < -0.39 is 5.60 Å². The topological polar surface area (TPSA) is 56.9 Å². The number of nitriles is 1. The smallest absolute Gasteiger partial charge is 0.114 e. The lowest BCUT2D eigenvalue weighted by molar-refractivity contribution is 0.0339. The molecule has 1 saturated carbocycles. The van der Waals surface area contributed by atoms with Gasteiger partial charge in [0.15, 0.2) is 0 Å². The van der Waals surface area contributed by atoms with Crippen LogP contribution in [0.2, 0.25) is 0 Å². The van der Waals surface area contributed by atoms with E-state index in [1.807, 2.05) is 37.7 Å². The van der Waals surface area contributed by atoms with Gasteiger partial charge in [-0.15, -0.1) is 11.8 Å². The molecule has 5 heteroatoms. The summed E-state index contributed by atoms with van der Waals surface area (Å²) >= 11 is 3.39. The third-order valence-electron chi connectivity index (χ3n) is 5.10. The van der Waals surface area contributed by atoms with Crippen molar-refractivity contribution in [2.24, 2.45) is 0 Å². The molecule has 1 N–H and O–H groups in total. The average molecular weight is 399 g/mol. The quantitative estimate of drug-likeness (QED) is 0.672. The lowest BCUT2D eigenvalue weighted by Crippen LogP contribution is -2.45. The molecular formula is C22H26N2OS2. The molecule has 1 aliphatic carbocycles. The Morgan fingerprint density at radius 3 is 2.78 bits per heavy atom. The summed E-state index contributed by atoms with van der Waals surface area (Å²) in [6.07, 6.45) is 4.09. The van der Waals surface area contributed by atoms with Crippen LogP contribution in [0.1, 0.15) is 48.1 Å². The van der Waals surface area contributed by atoms with Crippen molar-refractivity contribution >= 4 is 23.5 Å². The van der Waals surface area contributed by atoms with Crippen LogP contribution in [0.4, 0.5) is 0 Å². The first kappa shape index (κ1) is 20.3. The molecule has 0 aliphatic heterocycles. The first-order chi connectivity index (χ1) is 13.0. The summed E-state index contributed by atoms with van der Waals surface area (Å²) < 4.78 is 0. The Morgan fingerprint density at radius 1 is 1.26 bits per heavy atom. The van der Waals surface area contributed by atoms with Crippen LogP contribution < -0.4 is 0 Å². The molecule has 0 amide bonds. The van der Waals surface area contributed by atoms with Crippen LogP contribution >= 0.6 is 23.5 Å². The van der Waals surface area contributed by atoms with Gasteiger partial charge < -0.3 is 5.11 Å². The number of hydrogen-bond acceptors (Lipinski definition) is 5. The van der Waals surface area contributed by atoms with E-state index in [2.05, 4.69) is 35.3 Å². The van der Waals surface area contributed by atoms with Gasteiger partial charge in [-0.05, 0) is 43.9 Å². The summed E-state index contributed by atoms with van der Waals surface area (Å²) in [4.78, 5) is 4.56. The van der Waals surface area contributed by atoms with Gasteiger partial charge >= 0.3 is 0 Å². The fourth-order valence-corrected chi connectivity index (χ4v) is 6.43. The van der Waals surface area contributed by atoms with Gasteiger partial charge in [-0.25, -0.2) is 4.98 Å². The Morgan fingerprint density at radius 2 is 2.04 bits per heavy atom. The van der Waals surface area contributed by atoms with Crippen molar-refractivity contribution in [2.75, 3.05) is 5.75 Å². The number of benzene rings is 1. The van der Waals surface area contributed by atoms with Gasteiger partial charge in [-0.3, -0.25) is 0 Å². The first-order valence-electron chi connectivity index (χ1n) is 9.41. The summed E-state index contributed by atoms with van der Waals surface area (Å²) in [7, 11) is 0. The third-order valence-corrected chi connectivity index (χ3v) is 7.89. The normalized spacial score (nSPS) is 22.4. The van der Waals surface area contributed by atoms with Gasteiger partial charge in [-0.2, -0.15) is 17.0 Å². The molecule has 2 atom stereocenters. The number of hydrogen-bond donors (Lipinski definition) is 1. The van der Waals surface area contributed by atoms with E-state index in [1.165, 1.54) is 23.7 Å². The zero-order chi connectivity index (χ0) is 19.3. The zero-order valence-electron chi connectivity index (χ0n) is 15.9. The van der Waals surface area contributed by atoms with Crippen LogP contribution in [0.3, 0.4) is 0 Å².